The highest BCUT2D eigenvalue weighted by atomic mass is 16.5. The van der Waals surface area contributed by atoms with Crippen molar-refractivity contribution in [3.8, 4) is 5.75 Å². The molecule has 5 heteroatoms. The average Bonchev–Trinajstić information content (AvgIpc) is 3.38. The first-order chi connectivity index (χ1) is 21.6. The molecule has 46 heavy (non-hydrogen) atoms. The van der Waals surface area contributed by atoms with Crippen molar-refractivity contribution in [2.45, 2.75) is 119 Å². The Labute approximate surface area is 277 Å². The summed E-state index contributed by atoms with van der Waals surface area (Å²) in [5.41, 5.74) is 2.82. The van der Waals surface area contributed by atoms with Crippen molar-refractivity contribution in [3.05, 3.63) is 48.1 Å². The first kappa shape index (κ1) is 33.3. The van der Waals surface area contributed by atoms with Gasteiger partial charge in [-0.2, -0.15) is 0 Å². The van der Waals surface area contributed by atoms with Crippen LogP contribution in [0, 0.1) is 56.7 Å². The number of fused-ring (bicyclic) bond motifs is 7. The third-order valence-electron chi connectivity index (χ3n) is 15.3. The molecule has 10 unspecified atom stereocenters. The van der Waals surface area contributed by atoms with Gasteiger partial charge < -0.3 is 14.6 Å². The van der Waals surface area contributed by atoms with Crippen molar-refractivity contribution >= 4 is 18.0 Å². The SMILES string of the molecule is C=C(C)C1CCC2(COC(C)=O)CCC3(C)C(CCC4C5(C)CCC(OC(=O)C=Cc6ccc(O)cc6)C(C)(C)C5CCC43C)C12. The number of phenols is 1. The molecule has 0 spiro atoms. The van der Waals surface area contributed by atoms with E-state index in [0.29, 0.717) is 36.2 Å². The maximum atomic E-state index is 13.0. The Bertz CT molecular complexity index is 1390. The lowest BCUT2D eigenvalue weighted by Crippen LogP contribution is -2.67. The highest BCUT2D eigenvalue weighted by Crippen LogP contribution is 2.77. The van der Waals surface area contributed by atoms with E-state index in [0.717, 1.165) is 31.2 Å². The van der Waals surface area contributed by atoms with Crippen molar-refractivity contribution < 1.29 is 24.2 Å². The van der Waals surface area contributed by atoms with Crippen LogP contribution in [0.5, 0.6) is 5.75 Å². The van der Waals surface area contributed by atoms with Gasteiger partial charge in [-0.25, -0.2) is 4.79 Å². The number of hydrogen-bond donors (Lipinski definition) is 1. The van der Waals surface area contributed by atoms with Gasteiger partial charge in [0.05, 0.1) is 6.61 Å². The molecule has 6 rings (SSSR count). The number of rotatable bonds is 6. The zero-order chi connectivity index (χ0) is 33.3. The number of benzene rings is 1. The molecule has 1 aromatic rings. The molecule has 1 aromatic carbocycles. The van der Waals surface area contributed by atoms with Gasteiger partial charge in [-0.05, 0) is 141 Å². The van der Waals surface area contributed by atoms with E-state index in [1.807, 2.05) is 0 Å². The summed E-state index contributed by atoms with van der Waals surface area (Å²) in [6, 6.07) is 6.84. The minimum absolute atomic E-state index is 0.0877. The first-order valence-corrected chi connectivity index (χ1v) is 18.0. The predicted octanol–water partition coefficient (Wildman–Crippen LogP) is 9.54. The van der Waals surface area contributed by atoms with E-state index in [9.17, 15) is 14.7 Å². The predicted molar refractivity (Wildman–Crippen MR) is 183 cm³/mol. The molecular weight excluding hydrogens is 572 g/mol. The van der Waals surface area contributed by atoms with Gasteiger partial charge in [0, 0.05) is 23.8 Å². The van der Waals surface area contributed by atoms with Gasteiger partial charge in [0.25, 0.3) is 0 Å². The van der Waals surface area contributed by atoms with Crippen LogP contribution in [0.2, 0.25) is 0 Å². The van der Waals surface area contributed by atoms with Crippen LogP contribution in [-0.4, -0.2) is 29.8 Å². The Hall–Kier alpha value is -2.56. The van der Waals surface area contributed by atoms with Crippen LogP contribution < -0.4 is 0 Å². The second-order valence-electron chi connectivity index (χ2n) is 17.5. The fraction of sp³-hybridized carbons (Fsp3) is 0.707. The number of esters is 2. The molecule has 0 heterocycles. The number of carbonyl (C=O) groups excluding carboxylic acids is 2. The van der Waals surface area contributed by atoms with E-state index < -0.39 is 0 Å². The van der Waals surface area contributed by atoms with Crippen molar-refractivity contribution in [1.29, 1.82) is 0 Å². The van der Waals surface area contributed by atoms with Crippen LogP contribution in [0.25, 0.3) is 6.08 Å². The Morgan fingerprint density at radius 3 is 2.26 bits per heavy atom. The summed E-state index contributed by atoms with van der Waals surface area (Å²) < 4.78 is 12.1. The lowest BCUT2D eigenvalue weighted by molar-refractivity contribution is -0.251. The van der Waals surface area contributed by atoms with E-state index in [1.54, 1.807) is 37.3 Å². The molecule has 0 saturated heterocycles. The topological polar surface area (TPSA) is 72.8 Å². The summed E-state index contributed by atoms with van der Waals surface area (Å²) >= 11 is 0. The maximum Gasteiger partial charge on any atom is 0.331 e. The zero-order valence-electron chi connectivity index (χ0n) is 29.5. The van der Waals surface area contributed by atoms with Gasteiger partial charge in [0.1, 0.15) is 11.9 Å². The molecule has 1 N–H and O–H groups in total. The van der Waals surface area contributed by atoms with Gasteiger partial charge in [0.15, 0.2) is 0 Å². The molecule has 0 bridgehead atoms. The second kappa shape index (κ2) is 11.5. The lowest BCUT2D eigenvalue weighted by atomic mass is 9.32. The minimum Gasteiger partial charge on any atom is -0.508 e. The Balaban J connectivity index is 1.23. The normalized spacial score (nSPS) is 42.7. The zero-order valence-corrected chi connectivity index (χ0v) is 29.5. The van der Waals surface area contributed by atoms with Crippen LogP contribution in [0.3, 0.4) is 0 Å². The van der Waals surface area contributed by atoms with Crippen molar-refractivity contribution in [2.24, 2.45) is 56.7 Å². The molecular formula is C41H58O5. The molecule has 252 valence electrons. The fourth-order valence-corrected chi connectivity index (χ4v) is 12.9. The van der Waals surface area contributed by atoms with Crippen molar-refractivity contribution in [2.75, 3.05) is 6.61 Å². The number of phenolic OH excluding ortho intramolecular Hbond substituents is 1. The molecule has 0 amide bonds. The van der Waals surface area contributed by atoms with Crippen molar-refractivity contribution in [3.63, 3.8) is 0 Å². The summed E-state index contributed by atoms with van der Waals surface area (Å²) in [7, 11) is 0. The van der Waals surface area contributed by atoms with Crippen LogP contribution in [-0.2, 0) is 19.1 Å². The van der Waals surface area contributed by atoms with Gasteiger partial charge in [-0.3, -0.25) is 4.79 Å². The van der Waals surface area contributed by atoms with Crippen LogP contribution in [0.4, 0.5) is 0 Å². The monoisotopic (exact) mass is 630 g/mol. The third kappa shape index (κ3) is 5.09. The molecule has 0 aliphatic heterocycles. The van der Waals surface area contributed by atoms with Gasteiger partial charge in [-0.15, -0.1) is 0 Å². The maximum absolute atomic E-state index is 13.0. The van der Waals surface area contributed by atoms with Gasteiger partial charge >= 0.3 is 11.9 Å². The highest BCUT2D eigenvalue weighted by molar-refractivity contribution is 5.87. The molecule has 10 atom stereocenters. The van der Waals surface area contributed by atoms with Crippen LogP contribution >= 0.6 is 0 Å². The fourth-order valence-electron chi connectivity index (χ4n) is 12.9. The number of carbonyl (C=O) groups is 2. The number of ether oxygens (including phenoxy) is 2. The lowest BCUT2D eigenvalue weighted by Gasteiger charge is -2.73. The largest absolute Gasteiger partial charge is 0.508 e. The number of hydrogen-bond acceptors (Lipinski definition) is 5. The van der Waals surface area contributed by atoms with E-state index in [1.165, 1.54) is 50.2 Å². The quantitative estimate of drug-likeness (QED) is 0.193. The first-order valence-electron chi connectivity index (χ1n) is 18.0. The molecule has 5 fully saturated rings. The summed E-state index contributed by atoms with van der Waals surface area (Å²) in [5.74, 6) is 2.57. The minimum atomic E-state index is -0.286. The van der Waals surface area contributed by atoms with E-state index in [-0.39, 0.29) is 50.9 Å². The summed E-state index contributed by atoms with van der Waals surface area (Å²) in [6.07, 6.45) is 14.7. The molecule has 0 aromatic heterocycles. The van der Waals surface area contributed by atoms with Crippen molar-refractivity contribution in [1.82, 2.24) is 0 Å². The third-order valence-corrected chi connectivity index (χ3v) is 15.3. The average molecular weight is 631 g/mol. The van der Waals surface area contributed by atoms with Gasteiger partial charge in [-0.1, -0.05) is 58.9 Å². The molecule has 5 aliphatic carbocycles. The molecule has 0 radical (unpaired) electrons. The van der Waals surface area contributed by atoms with Crippen LogP contribution in [0.1, 0.15) is 118 Å². The van der Waals surface area contributed by atoms with E-state index >= 15 is 0 Å². The number of allylic oxidation sites excluding steroid dienone is 1. The standard InChI is InChI=1S/C41H58O5/c1-26(2)30-17-22-41(25-45-27(3)42)24-23-39(7)31(36(30)41)14-15-33-38(6)20-19-34(37(4,5)32(38)18-21-40(33,39)8)46-35(44)16-11-28-9-12-29(43)13-10-28/h9-13,16,30-34,36,43H,1,14-15,17-25H2,2-8H3. The summed E-state index contributed by atoms with van der Waals surface area (Å²) in [4.78, 5) is 25.0. The Kier molecular flexibility index (Phi) is 8.37. The molecule has 5 saturated carbocycles. The molecule has 5 aliphatic rings. The Morgan fingerprint density at radius 1 is 0.870 bits per heavy atom. The smallest absolute Gasteiger partial charge is 0.331 e. The van der Waals surface area contributed by atoms with Crippen LogP contribution in [0.15, 0.2) is 42.5 Å². The van der Waals surface area contributed by atoms with E-state index in [2.05, 4.69) is 48.1 Å². The number of aromatic hydroxyl groups is 1. The summed E-state index contributed by atoms with van der Waals surface area (Å²) in [6.45, 7) is 21.5. The highest BCUT2D eigenvalue weighted by Gasteiger charge is 2.71. The Morgan fingerprint density at radius 2 is 1.59 bits per heavy atom. The summed E-state index contributed by atoms with van der Waals surface area (Å²) in [5, 5.41) is 9.56. The van der Waals surface area contributed by atoms with E-state index in [4.69, 9.17) is 9.47 Å². The van der Waals surface area contributed by atoms with Gasteiger partial charge in [0.2, 0.25) is 0 Å². The molecule has 5 nitrogen and oxygen atoms in total. The second-order valence-corrected chi connectivity index (χ2v) is 17.5.